The van der Waals surface area contributed by atoms with Gasteiger partial charge in [-0.15, -0.1) is 11.5 Å². The fourth-order valence-corrected chi connectivity index (χ4v) is 7.56. The number of rotatable bonds is 7. The van der Waals surface area contributed by atoms with Crippen LogP contribution in [0.25, 0.3) is 11.4 Å². The van der Waals surface area contributed by atoms with Gasteiger partial charge in [0, 0.05) is 62.9 Å². The Morgan fingerprint density at radius 3 is 2.41 bits per heavy atom. The summed E-state index contributed by atoms with van der Waals surface area (Å²) in [7, 11) is 2.17. The number of nitrogens with one attached hydrogen (secondary N) is 2. The van der Waals surface area contributed by atoms with Crippen LogP contribution in [0.1, 0.15) is 49.3 Å². The number of hydrogen-bond acceptors (Lipinski definition) is 7. The Morgan fingerprint density at radius 1 is 1.00 bits per heavy atom. The van der Waals surface area contributed by atoms with Crippen molar-refractivity contribution in [2.75, 3.05) is 65.1 Å². The van der Waals surface area contributed by atoms with Gasteiger partial charge in [-0.2, -0.15) is 0 Å². The number of hydrogen-bond donors (Lipinski definition) is 3. The molecule has 13 heteroatoms. The summed E-state index contributed by atoms with van der Waals surface area (Å²) in [5, 5.41) is 7.92. The van der Waals surface area contributed by atoms with Crippen molar-refractivity contribution in [3.05, 3.63) is 69.1 Å². The SMILES string of the molecule is C#Cc1cc(C[C@@H](NC(=O)N2CCC(n3nc(-c4ccccc4)[nH]c3=O)CC2)C(=O)N2CCC(N3CCCN(C)CC3)CC2)cc(Cl)c1N. The molecule has 1 atom stereocenters. The van der Waals surface area contributed by atoms with E-state index in [-0.39, 0.29) is 30.1 Å². The lowest BCUT2D eigenvalue weighted by Crippen LogP contribution is -2.56. The first kappa shape index (κ1) is 34.5. The molecule has 1 aromatic heterocycles. The van der Waals surface area contributed by atoms with Crippen LogP contribution in [-0.4, -0.2) is 118 Å². The van der Waals surface area contributed by atoms with E-state index in [1.807, 2.05) is 35.2 Å². The molecule has 3 aliphatic heterocycles. The van der Waals surface area contributed by atoms with Crippen molar-refractivity contribution in [3.8, 4) is 23.7 Å². The van der Waals surface area contributed by atoms with Crippen molar-refractivity contribution in [2.24, 2.45) is 0 Å². The number of urea groups is 1. The van der Waals surface area contributed by atoms with Crippen LogP contribution in [0.2, 0.25) is 5.02 Å². The second kappa shape index (κ2) is 15.5. The molecule has 3 fully saturated rings. The molecule has 12 nitrogen and oxygen atoms in total. The molecular weight excluding hydrogens is 642 g/mol. The van der Waals surface area contributed by atoms with Gasteiger partial charge in [-0.05, 0) is 69.9 Å². The summed E-state index contributed by atoms with van der Waals surface area (Å²) >= 11 is 6.41. The van der Waals surface area contributed by atoms with Crippen LogP contribution in [0, 0.1) is 12.3 Å². The van der Waals surface area contributed by atoms with Gasteiger partial charge < -0.3 is 25.8 Å². The Kier molecular flexibility index (Phi) is 10.9. The molecule has 3 amide bonds. The summed E-state index contributed by atoms with van der Waals surface area (Å²) < 4.78 is 1.49. The van der Waals surface area contributed by atoms with Crippen molar-refractivity contribution in [2.45, 2.75) is 56.7 Å². The Morgan fingerprint density at radius 2 is 1.69 bits per heavy atom. The third-order valence-corrected chi connectivity index (χ3v) is 10.5. The number of piperidine rings is 2. The monoisotopic (exact) mass is 687 g/mol. The number of aromatic nitrogens is 3. The predicted octanol–water partition coefficient (Wildman–Crippen LogP) is 3.04. The lowest BCUT2D eigenvalue weighted by molar-refractivity contribution is -0.134. The van der Waals surface area contributed by atoms with Gasteiger partial charge in [0.15, 0.2) is 5.82 Å². The molecule has 0 radical (unpaired) electrons. The highest BCUT2D eigenvalue weighted by atomic mass is 35.5. The number of H-pyrrole nitrogens is 1. The smallest absolute Gasteiger partial charge is 0.343 e. The van der Waals surface area contributed by atoms with Gasteiger partial charge in [0.1, 0.15) is 6.04 Å². The van der Waals surface area contributed by atoms with E-state index in [4.69, 9.17) is 23.8 Å². The van der Waals surface area contributed by atoms with Crippen LogP contribution in [0.3, 0.4) is 0 Å². The largest absolute Gasteiger partial charge is 0.397 e. The van der Waals surface area contributed by atoms with Crippen LogP contribution in [-0.2, 0) is 11.2 Å². The molecule has 260 valence electrons. The van der Waals surface area contributed by atoms with E-state index in [1.165, 1.54) is 4.68 Å². The highest BCUT2D eigenvalue weighted by Gasteiger charge is 2.34. The third kappa shape index (κ3) is 8.12. The van der Waals surface area contributed by atoms with Gasteiger partial charge in [0.2, 0.25) is 5.91 Å². The summed E-state index contributed by atoms with van der Waals surface area (Å²) in [6.07, 6.45) is 9.98. The lowest BCUT2D eigenvalue weighted by atomic mass is 9.98. The Bertz CT molecular complexity index is 1720. The van der Waals surface area contributed by atoms with E-state index >= 15 is 0 Å². The standard InChI is InChI=1S/C36H46ClN9O3/c1-3-26-22-25(23-30(37)32(26)38)24-31(34(47)44-16-10-28(11-17-44)43-15-7-14-42(2)20-21-43)39-35(48)45-18-12-29(13-19-45)46-36(49)40-33(41-46)27-8-5-4-6-9-27/h1,4-6,8-9,22-23,28-29,31H,7,10-21,24,38H2,2H3,(H,39,48)(H,40,41,49)/t31-/m1/s1. The Labute approximate surface area is 292 Å². The minimum atomic E-state index is -0.818. The van der Waals surface area contributed by atoms with Gasteiger partial charge in [0.05, 0.1) is 16.8 Å². The number of likely N-dealkylation sites (tertiary alicyclic amines) is 2. The number of benzene rings is 2. The minimum Gasteiger partial charge on any atom is -0.397 e. The van der Waals surface area contributed by atoms with E-state index < -0.39 is 6.04 Å². The molecule has 4 N–H and O–H groups in total. The fraction of sp³-hybridized carbons (Fsp3) is 0.500. The topological polar surface area (TPSA) is 136 Å². The molecule has 4 heterocycles. The highest BCUT2D eigenvalue weighted by molar-refractivity contribution is 6.33. The molecule has 3 aromatic rings. The van der Waals surface area contributed by atoms with E-state index in [0.29, 0.717) is 67.2 Å². The second-order valence-electron chi connectivity index (χ2n) is 13.4. The van der Waals surface area contributed by atoms with E-state index in [1.54, 1.807) is 17.0 Å². The Balaban J connectivity index is 1.12. The van der Waals surface area contributed by atoms with Gasteiger partial charge in [-0.1, -0.05) is 47.9 Å². The molecule has 2 aromatic carbocycles. The van der Waals surface area contributed by atoms with Crippen molar-refractivity contribution in [1.29, 1.82) is 0 Å². The molecule has 0 saturated carbocycles. The van der Waals surface area contributed by atoms with Crippen LogP contribution in [0.5, 0.6) is 0 Å². The summed E-state index contributed by atoms with van der Waals surface area (Å²) in [4.78, 5) is 52.0. The minimum absolute atomic E-state index is 0.121. The number of carbonyl (C=O) groups excluding carboxylic acids is 2. The first-order valence-electron chi connectivity index (χ1n) is 17.3. The zero-order valence-corrected chi connectivity index (χ0v) is 28.9. The molecular formula is C36H46ClN9O3. The average molecular weight is 688 g/mol. The Hall–Kier alpha value is -4.31. The fourth-order valence-electron chi connectivity index (χ4n) is 7.31. The quantitative estimate of drug-likeness (QED) is 0.257. The average Bonchev–Trinajstić information content (AvgIpc) is 3.38. The maximum absolute atomic E-state index is 14.1. The van der Waals surface area contributed by atoms with Crippen LogP contribution in [0.15, 0.2) is 47.3 Å². The summed E-state index contributed by atoms with van der Waals surface area (Å²) in [5.41, 5.74) is 8.13. The third-order valence-electron chi connectivity index (χ3n) is 10.2. The van der Waals surface area contributed by atoms with Crippen LogP contribution in [0.4, 0.5) is 10.5 Å². The predicted molar refractivity (Wildman–Crippen MR) is 191 cm³/mol. The van der Waals surface area contributed by atoms with Gasteiger partial charge in [-0.3, -0.25) is 14.7 Å². The summed E-state index contributed by atoms with van der Waals surface area (Å²) in [6, 6.07) is 12.1. The molecule has 6 rings (SSSR count). The molecule has 0 bridgehead atoms. The number of carbonyl (C=O) groups is 2. The first-order chi connectivity index (χ1) is 23.7. The number of terminal acetylenes is 1. The lowest BCUT2D eigenvalue weighted by Gasteiger charge is -2.39. The number of likely N-dealkylation sites (N-methyl/N-ethyl adjacent to an activating group) is 1. The van der Waals surface area contributed by atoms with Crippen LogP contribution < -0.4 is 16.7 Å². The maximum atomic E-state index is 14.1. The van der Waals surface area contributed by atoms with Crippen LogP contribution >= 0.6 is 11.6 Å². The number of nitrogens with two attached hydrogens (primary N) is 1. The molecule has 3 aliphatic rings. The molecule has 3 saturated heterocycles. The van der Waals surface area contributed by atoms with Gasteiger partial charge >= 0.3 is 11.7 Å². The summed E-state index contributed by atoms with van der Waals surface area (Å²) in [5.74, 6) is 2.97. The van der Waals surface area contributed by atoms with E-state index in [0.717, 1.165) is 56.6 Å². The molecule has 0 unspecified atom stereocenters. The number of amides is 3. The zero-order chi connectivity index (χ0) is 34.5. The maximum Gasteiger partial charge on any atom is 0.343 e. The zero-order valence-electron chi connectivity index (χ0n) is 28.1. The van der Waals surface area contributed by atoms with Crippen molar-refractivity contribution in [1.82, 2.24) is 39.7 Å². The number of anilines is 1. The summed E-state index contributed by atoms with van der Waals surface area (Å²) in [6.45, 7) is 6.40. The normalized spacial score (nSPS) is 19.3. The van der Waals surface area contributed by atoms with Crippen molar-refractivity contribution >= 4 is 29.2 Å². The van der Waals surface area contributed by atoms with E-state index in [2.05, 4.69) is 38.2 Å². The second-order valence-corrected chi connectivity index (χ2v) is 13.9. The van der Waals surface area contributed by atoms with E-state index in [9.17, 15) is 14.4 Å². The number of aromatic amines is 1. The highest BCUT2D eigenvalue weighted by Crippen LogP contribution is 2.27. The molecule has 49 heavy (non-hydrogen) atoms. The van der Waals surface area contributed by atoms with Crippen molar-refractivity contribution < 1.29 is 9.59 Å². The number of nitrogen functional groups attached to an aromatic ring is 1. The van der Waals surface area contributed by atoms with Gasteiger partial charge in [0.25, 0.3) is 0 Å². The van der Waals surface area contributed by atoms with Crippen molar-refractivity contribution in [3.63, 3.8) is 0 Å². The molecule has 0 spiro atoms. The first-order valence-corrected chi connectivity index (χ1v) is 17.6. The van der Waals surface area contributed by atoms with Gasteiger partial charge in [-0.25, -0.2) is 14.3 Å². The molecule has 0 aliphatic carbocycles. The number of halogens is 1. The number of nitrogens with zero attached hydrogens (tertiary/aromatic N) is 6.